The highest BCUT2D eigenvalue weighted by Crippen LogP contribution is 2.05. The highest BCUT2D eigenvalue weighted by Gasteiger charge is 2.33. The van der Waals surface area contributed by atoms with Gasteiger partial charge in [0.25, 0.3) is 0 Å². The van der Waals surface area contributed by atoms with Crippen molar-refractivity contribution in [2.24, 2.45) is 17.2 Å². The topological polar surface area (TPSA) is 294 Å². The molecule has 0 bridgehead atoms. The van der Waals surface area contributed by atoms with Crippen LogP contribution >= 0.6 is 0 Å². The number of carboxylic acid groups (broad SMARTS) is 2. The van der Waals surface area contributed by atoms with Crippen LogP contribution in [-0.4, -0.2) is 87.1 Å². The summed E-state index contributed by atoms with van der Waals surface area (Å²) in [5, 5.41) is 34.3. The number of aliphatic carboxylic acids is 2. The number of primary amides is 2. The Morgan fingerprint density at radius 2 is 1.29 bits per heavy atom. The summed E-state index contributed by atoms with van der Waals surface area (Å²) in [7, 11) is 0. The fourth-order valence-electron chi connectivity index (χ4n) is 2.59. The molecule has 0 aromatic carbocycles. The Kier molecular flexibility index (Phi) is 12.8. The average molecular weight is 490 g/mol. The van der Waals surface area contributed by atoms with Crippen molar-refractivity contribution < 1.29 is 48.9 Å². The summed E-state index contributed by atoms with van der Waals surface area (Å²) in [5.41, 5.74) is 15.4. The van der Waals surface area contributed by atoms with E-state index in [1.165, 1.54) is 0 Å². The van der Waals surface area contributed by atoms with Crippen LogP contribution in [0.3, 0.4) is 0 Å². The number of rotatable bonds is 16. The van der Waals surface area contributed by atoms with Crippen molar-refractivity contribution in [3.8, 4) is 0 Å². The molecule has 0 aromatic rings. The Bertz CT molecular complexity index is 802. The van der Waals surface area contributed by atoms with E-state index >= 15 is 0 Å². The molecule has 0 aromatic heterocycles. The van der Waals surface area contributed by atoms with Crippen molar-refractivity contribution in [1.29, 1.82) is 0 Å². The molecule has 16 heteroatoms. The van der Waals surface area contributed by atoms with Gasteiger partial charge in [0.05, 0.1) is 18.6 Å². The van der Waals surface area contributed by atoms with Crippen molar-refractivity contribution in [2.75, 3.05) is 0 Å². The van der Waals surface area contributed by atoms with Crippen molar-refractivity contribution in [1.82, 2.24) is 16.0 Å². The standard InChI is InChI=1S/C18H30N6O10/c1-7(25)14(24-15(30)8(19)6-12(21)27)17(32)22-9(3-5-13(28)29)16(31)23-10(18(33)34)2-4-11(20)26/h7-10,14,25H,2-6,19H2,1H3,(H2,20,26)(H2,21,27)(H,22,32)(H,23,31)(H,24,30)(H,28,29)(H,33,34). The highest BCUT2D eigenvalue weighted by molar-refractivity contribution is 5.95. The number of nitrogens with two attached hydrogens (primary N) is 3. The van der Waals surface area contributed by atoms with Crippen LogP contribution in [0.25, 0.3) is 0 Å². The largest absolute Gasteiger partial charge is 0.481 e. The quantitative estimate of drug-likeness (QED) is 0.0988. The number of amides is 5. The second kappa shape index (κ2) is 14.4. The maximum Gasteiger partial charge on any atom is 0.326 e. The molecular formula is C18H30N6O10. The molecule has 0 aliphatic rings. The predicted octanol–water partition coefficient (Wildman–Crippen LogP) is -4.76. The number of carboxylic acids is 2. The Hall–Kier alpha value is -3.79. The summed E-state index contributed by atoms with van der Waals surface area (Å²) >= 11 is 0. The molecule has 0 saturated carbocycles. The molecule has 0 rings (SSSR count). The van der Waals surface area contributed by atoms with Gasteiger partial charge in [0, 0.05) is 12.8 Å². The summed E-state index contributed by atoms with van der Waals surface area (Å²) in [6.45, 7) is 1.13. The van der Waals surface area contributed by atoms with E-state index in [9.17, 15) is 43.8 Å². The second-order valence-electron chi connectivity index (χ2n) is 7.40. The zero-order valence-corrected chi connectivity index (χ0v) is 18.4. The Labute approximate surface area is 193 Å². The van der Waals surface area contributed by atoms with Crippen molar-refractivity contribution in [2.45, 2.75) is 69.3 Å². The Morgan fingerprint density at radius 3 is 1.74 bits per heavy atom. The summed E-state index contributed by atoms with van der Waals surface area (Å²) in [4.78, 5) is 81.4. The van der Waals surface area contributed by atoms with Crippen molar-refractivity contribution in [3.05, 3.63) is 0 Å². The molecule has 34 heavy (non-hydrogen) atoms. The van der Waals surface area contributed by atoms with Gasteiger partial charge in [-0.25, -0.2) is 4.79 Å². The third-order valence-electron chi connectivity index (χ3n) is 4.39. The first-order valence-electron chi connectivity index (χ1n) is 10.0. The van der Waals surface area contributed by atoms with E-state index in [-0.39, 0.29) is 12.8 Å². The maximum absolute atomic E-state index is 12.6. The smallest absolute Gasteiger partial charge is 0.326 e. The van der Waals surface area contributed by atoms with Gasteiger partial charge in [0.15, 0.2) is 0 Å². The molecule has 0 spiro atoms. The van der Waals surface area contributed by atoms with Gasteiger partial charge in [0.2, 0.25) is 29.5 Å². The minimum atomic E-state index is -1.67. The molecule has 16 nitrogen and oxygen atoms in total. The van der Waals surface area contributed by atoms with Crippen LogP contribution in [0.4, 0.5) is 0 Å². The van der Waals surface area contributed by atoms with Gasteiger partial charge in [-0.15, -0.1) is 0 Å². The second-order valence-corrected chi connectivity index (χ2v) is 7.40. The summed E-state index contributed by atoms with van der Waals surface area (Å²) in [5.74, 6) is -7.76. The van der Waals surface area contributed by atoms with Crippen molar-refractivity contribution >= 4 is 41.5 Å². The number of aliphatic hydroxyl groups excluding tert-OH is 1. The molecule has 0 aliphatic carbocycles. The van der Waals surface area contributed by atoms with Gasteiger partial charge < -0.3 is 48.5 Å². The monoisotopic (exact) mass is 490 g/mol. The van der Waals surface area contributed by atoms with Gasteiger partial charge in [-0.05, 0) is 19.8 Å². The van der Waals surface area contributed by atoms with Crippen LogP contribution in [-0.2, 0) is 33.6 Å². The van der Waals surface area contributed by atoms with E-state index < -0.39 is 91.0 Å². The summed E-state index contributed by atoms with van der Waals surface area (Å²) in [6, 6.07) is -6.25. The average Bonchev–Trinajstić information content (AvgIpc) is 2.70. The first-order valence-corrected chi connectivity index (χ1v) is 10.0. The van der Waals surface area contributed by atoms with Gasteiger partial charge in [-0.1, -0.05) is 0 Å². The molecule has 192 valence electrons. The van der Waals surface area contributed by atoms with Gasteiger partial charge in [-0.3, -0.25) is 28.8 Å². The summed E-state index contributed by atoms with van der Waals surface area (Å²) < 4.78 is 0. The van der Waals surface area contributed by atoms with Crippen LogP contribution < -0.4 is 33.2 Å². The molecule has 0 aliphatic heterocycles. The molecule has 5 unspecified atom stereocenters. The molecule has 12 N–H and O–H groups in total. The normalized spacial score (nSPS) is 15.0. The zero-order chi connectivity index (χ0) is 26.6. The zero-order valence-electron chi connectivity index (χ0n) is 18.4. The molecule has 0 fully saturated rings. The van der Waals surface area contributed by atoms with E-state index in [4.69, 9.17) is 22.3 Å². The fraction of sp³-hybridized carbons (Fsp3) is 0.611. The molecule has 5 atom stereocenters. The highest BCUT2D eigenvalue weighted by atomic mass is 16.4. The van der Waals surface area contributed by atoms with Crippen LogP contribution in [0.5, 0.6) is 0 Å². The number of carbonyl (C=O) groups is 7. The van der Waals surface area contributed by atoms with Gasteiger partial charge >= 0.3 is 11.9 Å². The third kappa shape index (κ3) is 11.7. The van der Waals surface area contributed by atoms with E-state index in [1.54, 1.807) is 0 Å². The Balaban J connectivity index is 5.52. The molecule has 0 radical (unpaired) electrons. The number of hydrogen-bond acceptors (Lipinski definition) is 9. The number of carbonyl (C=O) groups excluding carboxylic acids is 5. The SMILES string of the molecule is CC(O)C(NC(=O)C(N)CC(N)=O)C(=O)NC(CCC(=O)O)C(=O)NC(CCC(N)=O)C(=O)O. The Morgan fingerprint density at radius 1 is 0.765 bits per heavy atom. The predicted molar refractivity (Wildman–Crippen MR) is 112 cm³/mol. The number of aliphatic hydroxyl groups is 1. The van der Waals surface area contributed by atoms with E-state index in [2.05, 4.69) is 16.0 Å². The number of nitrogens with one attached hydrogen (secondary N) is 3. The minimum Gasteiger partial charge on any atom is -0.481 e. The first kappa shape index (κ1) is 30.2. The molecule has 0 heterocycles. The van der Waals surface area contributed by atoms with E-state index in [1.807, 2.05) is 0 Å². The first-order chi connectivity index (χ1) is 15.6. The fourth-order valence-corrected chi connectivity index (χ4v) is 2.59. The lowest BCUT2D eigenvalue weighted by atomic mass is 10.1. The van der Waals surface area contributed by atoms with Crippen LogP contribution in [0, 0.1) is 0 Å². The van der Waals surface area contributed by atoms with Crippen molar-refractivity contribution in [3.63, 3.8) is 0 Å². The summed E-state index contributed by atoms with van der Waals surface area (Å²) in [6.07, 6.45) is -3.88. The minimum absolute atomic E-state index is 0.361. The molecular weight excluding hydrogens is 460 g/mol. The lowest BCUT2D eigenvalue weighted by Gasteiger charge is -2.26. The number of hydrogen-bond donors (Lipinski definition) is 9. The van der Waals surface area contributed by atoms with Gasteiger partial charge in [0.1, 0.15) is 18.1 Å². The third-order valence-corrected chi connectivity index (χ3v) is 4.39. The van der Waals surface area contributed by atoms with Gasteiger partial charge in [-0.2, -0.15) is 0 Å². The maximum atomic E-state index is 12.6. The van der Waals surface area contributed by atoms with Crippen LogP contribution in [0.15, 0.2) is 0 Å². The van der Waals surface area contributed by atoms with Crippen LogP contribution in [0.2, 0.25) is 0 Å². The van der Waals surface area contributed by atoms with Crippen LogP contribution in [0.1, 0.15) is 39.0 Å². The molecule has 5 amide bonds. The van der Waals surface area contributed by atoms with E-state index in [0.717, 1.165) is 6.92 Å². The molecule has 0 saturated heterocycles. The van der Waals surface area contributed by atoms with E-state index in [0.29, 0.717) is 0 Å². The lowest BCUT2D eigenvalue weighted by Crippen LogP contribution is -2.60. The lowest BCUT2D eigenvalue weighted by molar-refractivity contribution is -0.143.